The van der Waals surface area contributed by atoms with Gasteiger partial charge in [0.2, 0.25) is 0 Å². The van der Waals surface area contributed by atoms with Crippen molar-refractivity contribution in [2.75, 3.05) is 29.9 Å². The molecule has 0 bridgehead atoms. The van der Waals surface area contributed by atoms with Gasteiger partial charge in [0.1, 0.15) is 17.3 Å². The van der Waals surface area contributed by atoms with Crippen molar-refractivity contribution in [3.05, 3.63) is 53.8 Å². The average molecular weight is 356 g/mol. The van der Waals surface area contributed by atoms with Gasteiger partial charge in [0, 0.05) is 18.7 Å². The first kappa shape index (κ1) is 18.2. The summed E-state index contributed by atoms with van der Waals surface area (Å²) in [6.45, 7) is 6.47. The maximum Gasteiger partial charge on any atom is 0.255 e. The van der Waals surface area contributed by atoms with Gasteiger partial charge in [-0.2, -0.15) is 0 Å². The van der Waals surface area contributed by atoms with Crippen LogP contribution in [0.2, 0.25) is 0 Å². The summed E-state index contributed by atoms with van der Waals surface area (Å²) in [6.07, 6.45) is 2.16. The summed E-state index contributed by atoms with van der Waals surface area (Å²) in [4.78, 5) is 14.8. The molecule has 0 aromatic heterocycles. The molecule has 1 amide bonds. The molecule has 0 radical (unpaired) electrons. The van der Waals surface area contributed by atoms with Crippen LogP contribution < -0.4 is 15.0 Å². The van der Waals surface area contributed by atoms with Gasteiger partial charge in [0.25, 0.3) is 5.91 Å². The Bertz CT molecular complexity index is 770. The third-order valence-electron chi connectivity index (χ3n) is 4.36. The first-order chi connectivity index (χ1) is 12.5. The van der Waals surface area contributed by atoms with Gasteiger partial charge in [-0.3, -0.25) is 4.79 Å². The van der Waals surface area contributed by atoms with Crippen LogP contribution >= 0.6 is 0 Å². The van der Waals surface area contributed by atoms with Crippen molar-refractivity contribution in [1.82, 2.24) is 0 Å². The number of hydrogen-bond acceptors (Lipinski definition) is 3. The molecule has 1 aliphatic heterocycles. The van der Waals surface area contributed by atoms with Crippen LogP contribution in [-0.2, 0) is 0 Å². The van der Waals surface area contributed by atoms with E-state index in [1.165, 1.54) is 6.07 Å². The van der Waals surface area contributed by atoms with E-state index in [1.54, 1.807) is 24.3 Å². The summed E-state index contributed by atoms with van der Waals surface area (Å²) >= 11 is 0. The highest BCUT2D eigenvalue weighted by Crippen LogP contribution is 2.31. The van der Waals surface area contributed by atoms with Gasteiger partial charge in [0.05, 0.1) is 12.3 Å². The third kappa shape index (κ3) is 4.34. The molecule has 1 N–H and O–H groups in total. The summed E-state index contributed by atoms with van der Waals surface area (Å²) in [5, 5.41) is 2.75. The second-order valence-corrected chi connectivity index (χ2v) is 7.01. The first-order valence-corrected chi connectivity index (χ1v) is 9.12. The lowest BCUT2D eigenvalue weighted by Gasteiger charge is -2.22. The number of halogens is 1. The fourth-order valence-corrected chi connectivity index (χ4v) is 3.03. The summed E-state index contributed by atoms with van der Waals surface area (Å²) in [6, 6.07) is 11.9. The van der Waals surface area contributed by atoms with Crippen LogP contribution in [-0.4, -0.2) is 25.6 Å². The molecule has 0 saturated carbocycles. The van der Waals surface area contributed by atoms with E-state index < -0.39 is 5.82 Å². The molecular formula is C21H25FN2O2. The van der Waals surface area contributed by atoms with Crippen molar-refractivity contribution >= 4 is 17.3 Å². The van der Waals surface area contributed by atoms with Crippen molar-refractivity contribution in [1.29, 1.82) is 0 Å². The van der Waals surface area contributed by atoms with Gasteiger partial charge in [-0.25, -0.2) is 4.39 Å². The molecule has 1 heterocycles. The van der Waals surface area contributed by atoms with Crippen molar-refractivity contribution in [3.8, 4) is 5.75 Å². The molecule has 2 aromatic rings. The van der Waals surface area contributed by atoms with E-state index in [-0.39, 0.29) is 11.6 Å². The molecule has 1 aliphatic rings. The lowest BCUT2D eigenvalue weighted by atomic mass is 10.1. The first-order valence-electron chi connectivity index (χ1n) is 9.12. The molecule has 0 atom stereocenters. The summed E-state index contributed by atoms with van der Waals surface area (Å²) in [5.74, 6) is 0.272. The second kappa shape index (κ2) is 8.21. The maximum absolute atomic E-state index is 14.4. The maximum atomic E-state index is 14.4. The number of anilines is 2. The lowest BCUT2D eigenvalue weighted by Crippen LogP contribution is -2.22. The summed E-state index contributed by atoms with van der Waals surface area (Å²) in [7, 11) is 0. The molecule has 1 fully saturated rings. The molecule has 0 unspecified atom stereocenters. The Hall–Kier alpha value is -2.56. The van der Waals surface area contributed by atoms with Crippen molar-refractivity contribution in [2.24, 2.45) is 5.92 Å². The Balaban J connectivity index is 1.79. The van der Waals surface area contributed by atoms with Gasteiger partial charge >= 0.3 is 0 Å². The van der Waals surface area contributed by atoms with Crippen LogP contribution in [0.25, 0.3) is 0 Å². The number of ether oxygens (including phenoxy) is 1. The number of hydrogen-bond donors (Lipinski definition) is 1. The van der Waals surface area contributed by atoms with Crippen molar-refractivity contribution in [2.45, 2.75) is 26.7 Å². The SMILES string of the molecule is CC(C)COc1cccc(C(=O)Nc2c(F)cccc2N2CCCC2)c1. The molecule has 4 nitrogen and oxygen atoms in total. The van der Waals surface area contributed by atoms with Crippen molar-refractivity contribution < 1.29 is 13.9 Å². The van der Waals surface area contributed by atoms with Gasteiger partial charge in [-0.1, -0.05) is 26.0 Å². The van der Waals surface area contributed by atoms with Crippen LogP contribution in [0.15, 0.2) is 42.5 Å². The predicted octanol–water partition coefficient (Wildman–Crippen LogP) is 4.71. The highest BCUT2D eigenvalue weighted by Gasteiger charge is 2.20. The quantitative estimate of drug-likeness (QED) is 0.815. The van der Waals surface area contributed by atoms with E-state index in [2.05, 4.69) is 24.1 Å². The number of para-hydroxylation sites is 1. The lowest BCUT2D eigenvalue weighted by molar-refractivity contribution is 0.102. The molecule has 138 valence electrons. The Labute approximate surface area is 154 Å². The zero-order chi connectivity index (χ0) is 18.5. The number of carbonyl (C=O) groups excluding carboxylic acids is 1. The number of nitrogens with zero attached hydrogens (tertiary/aromatic N) is 1. The van der Waals surface area contributed by atoms with Crippen LogP contribution in [0.4, 0.5) is 15.8 Å². The van der Waals surface area contributed by atoms with Crippen LogP contribution in [0.5, 0.6) is 5.75 Å². The minimum atomic E-state index is -0.421. The van der Waals surface area contributed by atoms with E-state index in [4.69, 9.17) is 4.74 Å². The number of carbonyl (C=O) groups is 1. The highest BCUT2D eigenvalue weighted by atomic mass is 19.1. The summed E-state index contributed by atoms with van der Waals surface area (Å²) < 4.78 is 20.1. The standard InChI is InChI=1S/C21H25FN2O2/c1-15(2)14-26-17-8-5-7-16(13-17)21(25)23-20-18(22)9-6-10-19(20)24-11-3-4-12-24/h5-10,13,15H,3-4,11-12,14H2,1-2H3,(H,23,25). The second-order valence-electron chi connectivity index (χ2n) is 7.01. The Kier molecular flexibility index (Phi) is 5.76. The molecule has 26 heavy (non-hydrogen) atoms. The van der Waals surface area contributed by atoms with Crippen LogP contribution in [0.1, 0.15) is 37.0 Å². The largest absolute Gasteiger partial charge is 0.493 e. The topological polar surface area (TPSA) is 41.6 Å². The minimum Gasteiger partial charge on any atom is -0.493 e. The van der Waals surface area contributed by atoms with Crippen molar-refractivity contribution in [3.63, 3.8) is 0 Å². The Morgan fingerprint density at radius 3 is 2.65 bits per heavy atom. The Morgan fingerprint density at radius 1 is 1.19 bits per heavy atom. The van der Waals surface area contributed by atoms with E-state index in [1.807, 2.05) is 12.1 Å². The minimum absolute atomic E-state index is 0.243. The molecule has 0 spiro atoms. The fourth-order valence-electron chi connectivity index (χ4n) is 3.03. The zero-order valence-corrected chi connectivity index (χ0v) is 15.3. The fraction of sp³-hybridized carbons (Fsp3) is 0.381. The Morgan fingerprint density at radius 2 is 1.92 bits per heavy atom. The van der Waals surface area contributed by atoms with Gasteiger partial charge in [-0.15, -0.1) is 0 Å². The number of rotatable bonds is 6. The van der Waals surface area contributed by atoms with Gasteiger partial charge in [-0.05, 0) is 49.1 Å². The third-order valence-corrected chi connectivity index (χ3v) is 4.36. The molecule has 3 rings (SSSR count). The van der Waals surface area contributed by atoms with E-state index in [9.17, 15) is 9.18 Å². The summed E-state index contributed by atoms with van der Waals surface area (Å²) in [5.41, 5.74) is 1.43. The monoisotopic (exact) mass is 356 g/mol. The molecule has 5 heteroatoms. The van der Waals surface area contributed by atoms with Crippen LogP contribution in [0.3, 0.4) is 0 Å². The smallest absolute Gasteiger partial charge is 0.255 e. The molecule has 0 aliphatic carbocycles. The van der Waals surface area contributed by atoms with E-state index >= 15 is 0 Å². The zero-order valence-electron chi connectivity index (χ0n) is 15.3. The number of benzene rings is 2. The number of amides is 1. The number of nitrogens with one attached hydrogen (secondary N) is 1. The molecule has 2 aromatic carbocycles. The van der Waals surface area contributed by atoms with Crippen LogP contribution in [0, 0.1) is 11.7 Å². The molecule has 1 saturated heterocycles. The van der Waals surface area contributed by atoms with E-state index in [0.29, 0.717) is 23.8 Å². The normalized spacial score (nSPS) is 13.9. The van der Waals surface area contributed by atoms with E-state index in [0.717, 1.165) is 31.6 Å². The molecular weight excluding hydrogens is 331 g/mol. The highest BCUT2D eigenvalue weighted by molar-refractivity contribution is 6.06. The average Bonchev–Trinajstić information content (AvgIpc) is 3.16. The van der Waals surface area contributed by atoms with Gasteiger partial charge < -0.3 is 15.0 Å². The predicted molar refractivity (Wildman–Crippen MR) is 103 cm³/mol. The van der Waals surface area contributed by atoms with Gasteiger partial charge in [0.15, 0.2) is 0 Å².